The van der Waals surface area contributed by atoms with E-state index in [1.807, 2.05) is 0 Å². The summed E-state index contributed by atoms with van der Waals surface area (Å²) in [6.07, 6.45) is -0.743. The molecular formula is C12H12F2N2O3S. The highest BCUT2D eigenvalue weighted by Gasteiger charge is 2.47. The summed E-state index contributed by atoms with van der Waals surface area (Å²) in [4.78, 5) is -0.144. The van der Waals surface area contributed by atoms with Crippen LogP contribution in [-0.4, -0.2) is 32.0 Å². The van der Waals surface area contributed by atoms with Crippen LogP contribution in [0.15, 0.2) is 29.2 Å². The summed E-state index contributed by atoms with van der Waals surface area (Å²) >= 11 is 0. The fourth-order valence-corrected chi connectivity index (χ4v) is 2.81. The Balaban J connectivity index is 2.21. The lowest BCUT2D eigenvalue weighted by molar-refractivity contribution is -0.0779. The first-order valence-corrected chi connectivity index (χ1v) is 7.20. The topological polar surface area (TPSA) is 70.4 Å². The molecule has 0 unspecified atom stereocenters. The molecule has 1 heterocycles. The smallest absolute Gasteiger partial charge is 0.205 e. The van der Waals surface area contributed by atoms with E-state index in [-0.39, 0.29) is 4.90 Å². The molecule has 0 spiro atoms. The highest BCUT2D eigenvalue weighted by atomic mass is 32.2. The summed E-state index contributed by atoms with van der Waals surface area (Å²) in [5.74, 6) is -3.14. The lowest BCUT2D eigenvalue weighted by atomic mass is 10.2. The first-order valence-electron chi connectivity index (χ1n) is 5.79. The van der Waals surface area contributed by atoms with Crippen LogP contribution in [0, 0.1) is 18.3 Å². The van der Waals surface area contributed by atoms with E-state index in [1.165, 1.54) is 12.1 Å². The van der Waals surface area contributed by atoms with Crippen LogP contribution in [0.1, 0.15) is 12.0 Å². The zero-order valence-electron chi connectivity index (χ0n) is 10.6. The molecule has 1 aliphatic rings. The van der Waals surface area contributed by atoms with Crippen LogP contribution < -0.4 is 0 Å². The van der Waals surface area contributed by atoms with Gasteiger partial charge in [0.05, 0.1) is 17.5 Å². The largest absolute Gasteiger partial charge is 0.313 e. The number of halogens is 2. The summed E-state index contributed by atoms with van der Waals surface area (Å²) in [7, 11) is -4.21. The first-order chi connectivity index (χ1) is 9.23. The molecule has 0 saturated carbocycles. The third kappa shape index (κ3) is 3.12. The van der Waals surface area contributed by atoms with Crippen molar-refractivity contribution < 1.29 is 21.5 Å². The number of hydrogen-bond acceptors (Lipinski definition) is 5. The monoisotopic (exact) mass is 302 g/mol. The minimum Gasteiger partial charge on any atom is -0.205 e. The number of benzene rings is 1. The molecule has 20 heavy (non-hydrogen) atoms. The molecule has 0 amide bonds. The minimum absolute atomic E-state index is 0.144. The van der Waals surface area contributed by atoms with Gasteiger partial charge in [0.15, 0.2) is 0 Å². The number of hydrogen-bond donors (Lipinski definition) is 0. The van der Waals surface area contributed by atoms with Gasteiger partial charge in [0.1, 0.15) is 6.04 Å². The second kappa shape index (κ2) is 5.09. The Morgan fingerprint density at radius 2 is 2.00 bits per heavy atom. The molecule has 1 saturated heterocycles. The lowest BCUT2D eigenvalue weighted by Gasteiger charge is -2.17. The Morgan fingerprint density at radius 1 is 1.40 bits per heavy atom. The molecule has 2 rings (SSSR count). The van der Waals surface area contributed by atoms with Crippen LogP contribution in [0.2, 0.25) is 0 Å². The van der Waals surface area contributed by atoms with Crippen LogP contribution in [0.3, 0.4) is 0 Å². The Labute approximate surface area is 115 Å². The zero-order valence-corrected chi connectivity index (χ0v) is 11.4. The second-order valence-electron chi connectivity index (χ2n) is 4.62. The van der Waals surface area contributed by atoms with Gasteiger partial charge in [-0.05, 0) is 19.1 Å². The molecule has 5 nitrogen and oxygen atoms in total. The van der Waals surface area contributed by atoms with E-state index in [1.54, 1.807) is 25.1 Å². The third-order valence-electron chi connectivity index (χ3n) is 2.88. The highest BCUT2D eigenvalue weighted by Crippen LogP contribution is 2.33. The van der Waals surface area contributed by atoms with Gasteiger partial charge in [-0.15, -0.1) is 5.06 Å². The van der Waals surface area contributed by atoms with Gasteiger partial charge in [-0.1, -0.05) is 17.7 Å². The van der Waals surface area contributed by atoms with Gasteiger partial charge in [0.2, 0.25) is 0 Å². The SMILES string of the molecule is Cc1ccc(S(=O)(=O)ON2CC(F)(F)C[C@H]2C#N)cc1. The Kier molecular flexibility index (Phi) is 3.77. The Hall–Kier alpha value is -1.56. The van der Waals surface area contributed by atoms with Crippen molar-refractivity contribution in [1.82, 2.24) is 5.06 Å². The predicted molar refractivity (Wildman–Crippen MR) is 65.1 cm³/mol. The molecular weight excluding hydrogens is 290 g/mol. The molecule has 1 aliphatic heterocycles. The second-order valence-corrected chi connectivity index (χ2v) is 6.15. The number of alkyl halides is 2. The summed E-state index contributed by atoms with van der Waals surface area (Å²) in [6.45, 7) is 0.861. The van der Waals surface area contributed by atoms with Gasteiger partial charge in [0.25, 0.3) is 5.92 Å². The fraction of sp³-hybridized carbons (Fsp3) is 0.417. The maximum atomic E-state index is 13.2. The normalized spacial score (nSPS) is 22.6. The van der Waals surface area contributed by atoms with E-state index in [0.717, 1.165) is 5.56 Å². The van der Waals surface area contributed by atoms with Gasteiger partial charge in [-0.25, -0.2) is 8.78 Å². The third-order valence-corrected chi connectivity index (χ3v) is 4.12. The van der Waals surface area contributed by atoms with Gasteiger partial charge in [0, 0.05) is 6.42 Å². The van der Waals surface area contributed by atoms with Crippen molar-refractivity contribution >= 4 is 10.1 Å². The van der Waals surface area contributed by atoms with E-state index in [2.05, 4.69) is 4.28 Å². The molecule has 0 radical (unpaired) electrons. The van der Waals surface area contributed by atoms with Gasteiger partial charge in [-0.3, -0.25) is 0 Å². The first kappa shape index (κ1) is 14.8. The number of rotatable bonds is 3. The molecule has 1 aromatic rings. The number of nitrogens with zero attached hydrogens (tertiary/aromatic N) is 2. The summed E-state index contributed by atoms with van der Waals surface area (Å²) in [5.41, 5.74) is 0.853. The van der Waals surface area contributed by atoms with Crippen molar-refractivity contribution in [2.45, 2.75) is 30.2 Å². The van der Waals surface area contributed by atoms with Crippen LogP contribution in [0.5, 0.6) is 0 Å². The quantitative estimate of drug-likeness (QED) is 0.852. The molecule has 1 atom stereocenters. The van der Waals surface area contributed by atoms with Gasteiger partial charge < -0.3 is 0 Å². The van der Waals surface area contributed by atoms with Crippen molar-refractivity contribution in [1.29, 1.82) is 5.26 Å². The molecule has 0 aromatic heterocycles. The standard InChI is InChI=1S/C12H12F2N2O3S/c1-9-2-4-11(5-3-9)20(17,18)19-16-8-12(13,14)6-10(16)7-15/h2-5,10H,6,8H2,1H3/t10-/m0/s1. The average molecular weight is 302 g/mol. The van der Waals surface area contributed by atoms with Crippen molar-refractivity contribution in [3.05, 3.63) is 29.8 Å². The number of nitriles is 1. The Bertz CT molecular complexity index is 638. The molecule has 0 N–H and O–H groups in total. The average Bonchev–Trinajstić information content (AvgIpc) is 2.63. The van der Waals surface area contributed by atoms with Crippen LogP contribution in [0.25, 0.3) is 0 Å². The number of hydroxylamine groups is 2. The Morgan fingerprint density at radius 3 is 2.55 bits per heavy atom. The van der Waals surface area contributed by atoms with E-state index in [9.17, 15) is 17.2 Å². The van der Waals surface area contributed by atoms with Crippen molar-refractivity contribution in [2.24, 2.45) is 0 Å². The maximum Gasteiger partial charge on any atom is 0.313 e. The molecule has 108 valence electrons. The van der Waals surface area contributed by atoms with E-state index in [4.69, 9.17) is 5.26 Å². The van der Waals surface area contributed by atoms with Gasteiger partial charge in [-0.2, -0.15) is 18.0 Å². The van der Waals surface area contributed by atoms with Crippen molar-refractivity contribution in [3.8, 4) is 6.07 Å². The van der Waals surface area contributed by atoms with Crippen molar-refractivity contribution in [3.63, 3.8) is 0 Å². The van der Waals surface area contributed by atoms with Crippen LogP contribution >= 0.6 is 0 Å². The fourth-order valence-electron chi connectivity index (χ4n) is 1.85. The minimum atomic E-state index is -4.21. The zero-order chi connectivity index (χ0) is 15.0. The van der Waals surface area contributed by atoms with E-state index < -0.39 is 35.0 Å². The molecule has 1 aromatic carbocycles. The maximum absolute atomic E-state index is 13.2. The van der Waals surface area contributed by atoms with Crippen LogP contribution in [-0.2, 0) is 14.4 Å². The summed E-state index contributed by atoms with van der Waals surface area (Å²) in [5, 5.41) is 9.30. The molecule has 1 fully saturated rings. The van der Waals surface area contributed by atoms with Crippen LogP contribution in [0.4, 0.5) is 8.78 Å². The molecule has 0 aliphatic carbocycles. The predicted octanol–water partition coefficient (Wildman–Crippen LogP) is 1.85. The van der Waals surface area contributed by atoms with E-state index in [0.29, 0.717) is 5.06 Å². The molecule has 0 bridgehead atoms. The summed E-state index contributed by atoms with van der Waals surface area (Å²) < 4.78 is 55.0. The highest BCUT2D eigenvalue weighted by molar-refractivity contribution is 7.86. The number of aryl methyl sites for hydroxylation is 1. The molecule has 8 heteroatoms. The van der Waals surface area contributed by atoms with E-state index >= 15 is 0 Å². The van der Waals surface area contributed by atoms with Crippen molar-refractivity contribution in [2.75, 3.05) is 6.54 Å². The van der Waals surface area contributed by atoms with Gasteiger partial charge >= 0.3 is 10.1 Å². The lowest BCUT2D eigenvalue weighted by Crippen LogP contribution is -2.32. The summed E-state index contributed by atoms with van der Waals surface area (Å²) in [6, 6.07) is 6.09.